The SMILES string of the molecule is CCC(CCO)NC(=O)C(C)n1cccn1. The lowest BCUT2D eigenvalue weighted by molar-refractivity contribution is -0.125. The van der Waals surface area contributed by atoms with Crippen LogP contribution in [0.5, 0.6) is 0 Å². The summed E-state index contributed by atoms with van der Waals surface area (Å²) in [5.41, 5.74) is 0. The molecule has 0 aliphatic rings. The molecule has 1 rings (SSSR count). The van der Waals surface area contributed by atoms with Gasteiger partial charge in [0.2, 0.25) is 5.91 Å². The number of rotatable bonds is 6. The molecule has 2 unspecified atom stereocenters. The van der Waals surface area contributed by atoms with Crippen LogP contribution in [0.25, 0.3) is 0 Å². The number of hydrogen-bond donors (Lipinski definition) is 2. The van der Waals surface area contributed by atoms with Crippen molar-refractivity contribution in [3.05, 3.63) is 18.5 Å². The third-order valence-corrected chi connectivity index (χ3v) is 2.62. The highest BCUT2D eigenvalue weighted by molar-refractivity contribution is 5.80. The number of aromatic nitrogens is 2. The van der Waals surface area contributed by atoms with Crippen molar-refractivity contribution in [2.45, 2.75) is 38.8 Å². The zero-order valence-electron chi connectivity index (χ0n) is 9.76. The van der Waals surface area contributed by atoms with Crippen molar-refractivity contribution in [2.75, 3.05) is 6.61 Å². The Kier molecular flexibility index (Phi) is 4.98. The first-order valence-electron chi connectivity index (χ1n) is 5.59. The summed E-state index contributed by atoms with van der Waals surface area (Å²) in [4.78, 5) is 11.8. The highest BCUT2D eigenvalue weighted by Crippen LogP contribution is 2.05. The quantitative estimate of drug-likeness (QED) is 0.749. The van der Waals surface area contributed by atoms with Gasteiger partial charge in [-0.05, 0) is 25.8 Å². The number of aliphatic hydroxyl groups excluding tert-OH is 1. The van der Waals surface area contributed by atoms with Crippen LogP contribution in [-0.2, 0) is 4.79 Å². The van der Waals surface area contributed by atoms with Crippen LogP contribution in [0.3, 0.4) is 0 Å². The zero-order valence-corrected chi connectivity index (χ0v) is 9.76. The van der Waals surface area contributed by atoms with Crippen molar-refractivity contribution in [2.24, 2.45) is 0 Å². The van der Waals surface area contributed by atoms with E-state index in [-0.39, 0.29) is 24.6 Å². The van der Waals surface area contributed by atoms with Gasteiger partial charge < -0.3 is 10.4 Å². The molecule has 0 spiro atoms. The molecule has 5 heteroatoms. The van der Waals surface area contributed by atoms with E-state index in [0.29, 0.717) is 6.42 Å². The van der Waals surface area contributed by atoms with Crippen LogP contribution in [0.2, 0.25) is 0 Å². The number of nitrogens with one attached hydrogen (secondary N) is 1. The Labute approximate surface area is 95.5 Å². The predicted molar refractivity (Wildman–Crippen MR) is 60.9 cm³/mol. The molecule has 5 nitrogen and oxygen atoms in total. The number of carbonyl (C=O) groups excluding carboxylic acids is 1. The maximum atomic E-state index is 11.8. The molecule has 1 amide bonds. The molecule has 2 atom stereocenters. The van der Waals surface area contributed by atoms with Crippen molar-refractivity contribution in [1.29, 1.82) is 0 Å². The molecule has 0 saturated heterocycles. The van der Waals surface area contributed by atoms with Gasteiger partial charge in [0, 0.05) is 25.0 Å². The first-order valence-corrected chi connectivity index (χ1v) is 5.59. The molecule has 90 valence electrons. The van der Waals surface area contributed by atoms with Crippen LogP contribution in [0.15, 0.2) is 18.5 Å². The van der Waals surface area contributed by atoms with E-state index in [0.717, 1.165) is 6.42 Å². The van der Waals surface area contributed by atoms with Crippen molar-refractivity contribution < 1.29 is 9.90 Å². The van der Waals surface area contributed by atoms with E-state index in [2.05, 4.69) is 10.4 Å². The normalized spacial score (nSPS) is 14.4. The Morgan fingerprint density at radius 2 is 2.38 bits per heavy atom. The molecule has 0 radical (unpaired) electrons. The van der Waals surface area contributed by atoms with Gasteiger partial charge in [-0.25, -0.2) is 0 Å². The summed E-state index contributed by atoms with van der Waals surface area (Å²) >= 11 is 0. The molecule has 0 aliphatic carbocycles. The molecule has 0 fully saturated rings. The largest absolute Gasteiger partial charge is 0.396 e. The fraction of sp³-hybridized carbons (Fsp3) is 0.636. The molecular formula is C11H19N3O2. The first-order chi connectivity index (χ1) is 7.69. The maximum absolute atomic E-state index is 11.8. The molecule has 0 bridgehead atoms. The van der Waals surface area contributed by atoms with E-state index in [9.17, 15) is 4.79 Å². The third kappa shape index (κ3) is 3.34. The minimum absolute atomic E-state index is 0.0375. The van der Waals surface area contributed by atoms with Gasteiger partial charge in [-0.15, -0.1) is 0 Å². The fourth-order valence-electron chi connectivity index (χ4n) is 1.49. The van der Waals surface area contributed by atoms with Crippen LogP contribution in [0.4, 0.5) is 0 Å². The number of aliphatic hydroxyl groups is 1. The summed E-state index contributed by atoms with van der Waals surface area (Å²) in [5.74, 6) is -0.0657. The number of hydrogen-bond acceptors (Lipinski definition) is 3. The van der Waals surface area contributed by atoms with E-state index in [4.69, 9.17) is 5.11 Å². The van der Waals surface area contributed by atoms with Gasteiger partial charge >= 0.3 is 0 Å². The van der Waals surface area contributed by atoms with E-state index in [1.54, 1.807) is 30.1 Å². The van der Waals surface area contributed by atoms with Crippen LogP contribution in [-0.4, -0.2) is 33.4 Å². The molecule has 16 heavy (non-hydrogen) atoms. The van der Waals surface area contributed by atoms with Crippen molar-refractivity contribution in [3.8, 4) is 0 Å². The standard InChI is InChI=1S/C11H19N3O2/c1-3-10(5-8-15)13-11(16)9(2)14-7-4-6-12-14/h4,6-7,9-10,15H,3,5,8H2,1-2H3,(H,13,16). The van der Waals surface area contributed by atoms with Crippen molar-refractivity contribution in [1.82, 2.24) is 15.1 Å². The topological polar surface area (TPSA) is 67.2 Å². The van der Waals surface area contributed by atoms with Gasteiger partial charge in [0.15, 0.2) is 0 Å². The number of carbonyl (C=O) groups is 1. The van der Waals surface area contributed by atoms with Crippen LogP contribution in [0.1, 0.15) is 32.7 Å². The molecule has 1 aromatic rings. The predicted octanol–water partition coefficient (Wildman–Crippen LogP) is 0.721. The Morgan fingerprint density at radius 3 is 2.88 bits per heavy atom. The molecule has 1 aromatic heterocycles. The lowest BCUT2D eigenvalue weighted by atomic mass is 10.1. The van der Waals surface area contributed by atoms with E-state index < -0.39 is 0 Å². The summed E-state index contributed by atoms with van der Waals surface area (Å²) in [7, 11) is 0. The van der Waals surface area contributed by atoms with Crippen molar-refractivity contribution >= 4 is 5.91 Å². The van der Waals surface area contributed by atoms with Crippen LogP contribution < -0.4 is 5.32 Å². The maximum Gasteiger partial charge on any atom is 0.244 e. The summed E-state index contributed by atoms with van der Waals surface area (Å²) in [6.45, 7) is 3.88. The lowest BCUT2D eigenvalue weighted by Crippen LogP contribution is -2.39. The molecular weight excluding hydrogens is 206 g/mol. The van der Waals surface area contributed by atoms with E-state index in [1.165, 1.54) is 0 Å². The van der Waals surface area contributed by atoms with Gasteiger partial charge in [-0.1, -0.05) is 6.92 Å². The van der Waals surface area contributed by atoms with E-state index in [1.807, 2.05) is 6.92 Å². The Balaban J connectivity index is 2.51. The average Bonchev–Trinajstić information content (AvgIpc) is 2.80. The zero-order chi connectivity index (χ0) is 12.0. The second-order valence-electron chi connectivity index (χ2n) is 3.79. The average molecular weight is 225 g/mol. The third-order valence-electron chi connectivity index (χ3n) is 2.62. The first kappa shape index (κ1) is 12.7. The van der Waals surface area contributed by atoms with Crippen LogP contribution in [0, 0.1) is 0 Å². The molecule has 1 heterocycles. The number of nitrogens with zero attached hydrogens (tertiary/aromatic N) is 2. The summed E-state index contributed by atoms with van der Waals surface area (Å²) in [5, 5.41) is 15.8. The van der Waals surface area contributed by atoms with Gasteiger partial charge in [0.1, 0.15) is 6.04 Å². The second-order valence-corrected chi connectivity index (χ2v) is 3.79. The Bertz CT molecular complexity index is 311. The lowest BCUT2D eigenvalue weighted by Gasteiger charge is -2.19. The van der Waals surface area contributed by atoms with Gasteiger partial charge in [0.25, 0.3) is 0 Å². The van der Waals surface area contributed by atoms with Gasteiger partial charge in [0.05, 0.1) is 0 Å². The van der Waals surface area contributed by atoms with Crippen LogP contribution >= 0.6 is 0 Å². The molecule has 0 aliphatic heterocycles. The second kappa shape index (κ2) is 6.27. The highest BCUT2D eigenvalue weighted by Gasteiger charge is 2.17. The Morgan fingerprint density at radius 1 is 1.62 bits per heavy atom. The molecule has 2 N–H and O–H groups in total. The minimum Gasteiger partial charge on any atom is -0.396 e. The van der Waals surface area contributed by atoms with Crippen molar-refractivity contribution in [3.63, 3.8) is 0 Å². The van der Waals surface area contributed by atoms with Gasteiger partial charge in [-0.3, -0.25) is 9.48 Å². The monoisotopic (exact) mass is 225 g/mol. The minimum atomic E-state index is -0.317. The fourth-order valence-corrected chi connectivity index (χ4v) is 1.49. The summed E-state index contributed by atoms with van der Waals surface area (Å²) in [6, 6.07) is 1.51. The van der Waals surface area contributed by atoms with Gasteiger partial charge in [-0.2, -0.15) is 5.10 Å². The van der Waals surface area contributed by atoms with E-state index >= 15 is 0 Å². The molecule has 0 aromatic carbocycles. The Hall–Kier alpha value is -1.36. The smallest absolute Gasteiger partial charge is 0.244 e. The summed E-state index contributed by atoms with van der Waals surface area (Å²) < 4.78 is 1.61. The molecule has 0 saturated carbocycles. The number of amides is 1. The highest BCUT2D eigenvalue weighted by atomic mass is 16.3. The summed E-state index contributed by atoms with van der Waals surface area (Å²) in [6.07, 6.45) is 4.82.